The second-order valence-electron chi connectivity index (χ2n) is 8.74. The Balaban J connectivity index is 1.40. The molecule has 1 fully saturated rings. The van der Waals surface area contributed by atoms with Gasteiger partial charge in [-0.05, 0) is 41.0 Å². The number of carbonyl (C=O) groups is 3. The molecule has 2 N–H and O–H groups in total. The molecule has 0 aliphatic heterocycles. The number of hydrogen-bond donors (Lipinski definition) is 2. The van der Waals surface area contributed by atoms with Crippen LogP contribution in [0.5, 0.6) is 0 Å². The van der Waals surface area contributed by atoms with Crippen LogP contribution in [-0.2, 0) is 14.3 Å². The van der Waals surface area contributed by atoms with Gasteiger partial charge in [0.2, 0.25) is 5.91 Å². The smallest absolute Gasteiger partial charge is 0.407 e. The Morgan fingerprint density at radius 1 is 1.06 bits per heavy atom. The van der Waals surface area contributed by atoms with Crippen LogP contribution in [0.15, 0.2) is 48.5 Å². The van der Waals surface area contributed by atoms with Crippen LogP contribution in [0.2, 0.25) is 0 Å². The maximum absolute atomic E-state index is 12.9. The fourth-order valence-electron chi connectivity index (χ4n) is 4.39. The normalized spacial score (nSPS) is 16.4. The van der Waals surface area contributed by atoms with Gasteiger partial charge in [-0.3, -0.25) is 9.59 Å². The predicted molar refractivity (Wildman–Crippen MR) is 119 cm³/mol. The largest absolute Gasteiger partial charge is 0.481 e. The molecule has 0 spiro atoms. The molecular formula is C25H28N2O5. The Morgan fingerprint density at radius 3 is 2.16 bits per heavy atom. The van der Waals surface area contributed by atoms with E-state index in [1.807, 2.05) is 24.3 Å². The summed E-state index contributed by atoms with van der Waals surface area (Å²) in [5.41, 5.74) is 4.55. The van der Waals surface area contributed by atoms with Gasteiger partial charge in [-0.15, -0.1) is 0 Å². The molecule has 168 valence electrons. The highest BCUT2D eigenvalue weighted by Crippen LogP contribution is 2.44. The number of rotatable bonds is 8. The first-order valence-corrected chi connectivity index (χ1v) is 11.0. The number of fused-ring (bicyclic) bond motifs is 3. The summed E-state index contributed by atoms with van der Waals surface area (Å²) in [5, 5.41) is 11.8. The zero-order valence-corrected chi connectivity index (χ0v) is 18.3. The van der Waals surface area contributed by atoms with Gasteiger partial charge in [0.05, 0.1) is 5.92 Å². The zero-order valence-electron chi connectivity index (χ0n) is 18.3. The molecule has 2 aliphatic rings. The minimum Gasteiger partial charge on any atom is -0.481 e. The van der Waals surface area contributed by atoms with Crippen LogP contribution in [0.3, 0.4) is 0 Å². The minimum absolute atomic E-state index is 0.0534. The standard InChI is InChI=1S/C25H28N2O5/c1-15(24(29)30)13-27(2)23(28)22(16-11-12-16)26-25(31)32-14-21-19-9-5-3-7-17(19)18-8-4-6-10-20(18)21/h3-10,15-16,21-22H,11-14H2,1-2H3,(H,26,31)(H,29,30). The molecule has 2 unspecified atom stereocenters. The Kier molecular flexibility index (Phi) is 6.17. The van der Waals surface area contributed by atoms with Crippen molar-refractivity contribution >= 4 is 18.0 Å². The van der Waals surface area contributed by atoms with Crippen molar-refractivity contribution in [2.45, 2.75) is 31.7 Å². The molecule has 0 heterocycles. The second kappa shape index (κ2) is 9.02. The highest BCUT2D eigenvalue weighted by Gasteiger charge is 2.39. The highest BCUT2D eigenvalue weighted by atomic mass is 16.5. The number of carbonyl (C=O) groups excluding carboxylic acids is 2. The Labute approximate surface area is 187 Å². The van der Waals surface area contributed by atoms with Gasteiger partial charge in [-0.1, -0.05) is 55.5 Å². The number of nitrogens with zero attached hydrogens (tertiary/aromatic N) is 1. The van der Waals surface area contributed by atoms with Crippen molar-refractivity contribution in [1.82, 2.24) is 10.2 Å². The van der Waals surface area contributed by atoms with E-state index in [-0.39, 0.29) is 30.9 Å². The van der Waals surface area contributed by atoms with E-state index in [1.54, 1.807) is 14.0 Å². The summed E-state index contributed by atoms with van der Waals surface area (Å²) in [6, 6.07) is 15.5. The summed E-state index contributed by atoms with van der Waals surface area (Å²) in [5.74, 6) is -1.92. The number of carboxylic acids is 1. The van der Waals surface area contributed by atoms with Gasteiger partial charge >= 0.3 is 12.1 Å². The fraction of sp³-hybridized carbons (Fsp3) is 0.400. The van der Waals surface area contributed by atoms with Crippen LogP contribution in [0.1, 0.15) is 36.8 Å². The van der Waals surface area contributed by atoms with Gasteiger partial charge in [0.1, 0.15) is 12.6 Å². The molecule has 2 aromatic carbocycles. The number of alkyl carbamates (subject to hydrolysis) is 1. The van der Waals surface area contributed by atoms with E-state index in [1.165, 1.54) is 4.90 Å². The van der Waals surface area contributed by atoms with Gasteiger partial charge in [-0.2, -0.15) is 0 Å². The van der Waals surface area contributed by atoms with Crippen LogP contribution in [0, 0.1) is 11.8 Å². The maximum atomic E-state index is 12.9. The number of hydrogen-bond acceptors (Lipinski definition) is 4. The summed E-state index contributed by atoms with van der Waals surface area (Å²) >= 11 is 0. The van der Waals surface area contributed by atoms with Gasteiger partial charge < -0.3 is 20.1 Å². The number of amides is 2. The topological polar surface area (TPSA) is 95.9 Å². The summed E-state index contributed by atoms with van der Waals surface area (Å²) in [6.07, 6.45) is 1.07. The van der Waals surface area contributed by atoms with Crippen molar-refractivity contribution in [2.24, 2.45) is 11.8 Å². The van der Waals surface area contributed by atoms with E-state index >= 15 is 0 Å². The van der Waals surface area contributed by atoms with Crippen molar-refractivity contribution in [1.29, 1.82) is 0 Å². The lowest BCUT2D eigenvalue weighted by Gasteiger charge is -2.26. The second-order valence-corrected chi connectivity index (χ2v) is 8.74. The lowest BCUT2D eigenvalue weighted by Crippen LogP contribution is -2.50. The van der Waals surface area contributed by atoms with Gasteiger partial charge in [0, 0.05) is 19.5 Å². The van der Waals surface area contributed by atoms with Gasteiger partial charge in [0.15, 0.2) is 0 Å². The fourth-order valence-corrected chi connectivity index (χ4v) is 4.39. The van der Waals surface area contributed by atoms with E-state index in [4.69, 9.17) is 9.84 Å². The monoisotopic (exact) mass is 436 g/mol. The van der Waals surface area contributed by atoms with Crippen LogP contribution >= 0.6 is 0 Å². The van der Waals surface area contributed by atoms with Crippen molar-refractivity contribution in [3.63, 3.8) is 0 Å². The number of aliphatic carboxylic acids is 1. The minimum atomic E-state index is -0.961. The molecule has 0 bridgehead atoms. The average Bonchev–Trinajstić information content (AvgIpc) is 3.58. The average molecular weight is 437 g/mol. The van der Waals surface area contributed by atoms with Crippen LogP contribution in [0.4, 0.5) is 4.79 Å². The molecule has 32 heavy (non-hydrogen) atoms. The quantitative estimate of drug-likeness (QED) is 0.661. The van der Waals surface area contributed by atoms with Crippen molar-refractivity contribution in [3.05, 3.63) is 59.7 Å². The summed E-state index contributed by atoms with van der Waals surface area (Å²) in [7, 11) is 1.57. The first kappa shape index (κ1) is 21.9. The molecule has 0 radical (unpaired) electrons. The molecule has 0 saturated heterocycles. The molecule has 1 saturated carbocycles. The van der Waals surface area contributed by atoms with E-state index in [0.717, 1.165) is 35.1 Å². The molecule has 4 rings (SSSR count). The molecule has 2 atom stereocenters. The number of benzene rings is 2. The zero-order chi connectivity index (χ0) is 22.8. The summed E-state index contributed by atoms with van der Waals surface area (Å²) < 4.78 is 5.58. The molecule has 2 amide bonds. The van der Waals surface area contributed by atoms with Gasteiger partial charge in [-0.25, -0.2) is 4.79 Å². The summed E-state index contributed by atoms with van der Waals surface area (Å²) in [6.45, 7) is 1.82. The number of carboxylic acid groups (broad SMARTS) is 1. The Bertz CT molecular complexity index is 987. The Hall–Kier alpha value is -3.35. The van der Waals surface area contributed by atoms with E-state index in [0.29, 0.717) is 0 Å². The third-order valence-corrected chi connectivity index (χ3v) is 6.32. The lowest BCUT2D eigenvalue weighted by atomic mass is 9.98. The van der Waals surface area contributed by atoms with Crippen LogP contribution in [0.25, 0.3) is 11.1 Å². The number of likely N-dealkylation sites (N-methyl/N-ethyl adjacent to an activating group) is 1. The molecular weight excluding hydrogens is 408 g/mol. The molecule has 7 heteroatoms. The van der Waals surface area contributed by atoms with Crippen molar-refractivity contribution in [3.8, 4) is 11.1 Å². The Morgan fingerprint density at radius 2 is 1.62 bits per heavy atom. The summed E-state index contributed by atoms with van der Waals surface area (Å²) in [4.78, 5) is 38.0. The van der Waals surface area contributed by atoms with Crippen molar-refractivity contribution < 1.29 is 24.2 Å². The number of nitrogens with one attached hydrogen (secondary N) is 1. The first-order chi connectivity index (χ1) is 15.4. The third kappa shape index (κ3) is 4.47. The van der Waals surface area contributed by atoms with Crippen LogP contribution in [-0.4, -0.2) is 54.2 Å². The maximum Gasteiger partial charge on any atom is 0.407 e. The van der Waals surface area contributed by atoms with Crippen LogP contribution < -0.4 is 5.32 Å². The van der Waals surface area contributed by atoms with Crippen molar-refractivity contribution in [2.75, 3.05) is 20.2 Å². The van der Waals surface area contributed by atoms with E-state index in [9.17, 15) is 14.4 Å². The van der Waals surface area contributed by atoms with Gasteiger partial charge in [0.25, 0.3) is 0 Å². The predicted octanol–water partition coefficient (Wildman–Crippen LogP) is 3.48. The highest BCUT2D eigenvalue weighted by molar-refractivity contribution is 5.86. The first-order valence-electron chi connectivity index (χ1n) is 11.0. The van der Waals surface area contributed by atoms with E-state index in [2.05, 4.69) is 29.6 Å². The third-order valence-electron chi connectivity index (χ3n) is 6.32. The SMILES string of the molecule is CC(CN(C)C(=O)C(NC(=O)OCC1c2ccccc2-c2ccccc21)C1CC1)C(=O)O. The number of ether oxygens (including phenoxy) is 1. The van der Waals surface area contributed by atoms with E-state index < -0.39 is 24.0 Å². The molecule has 0 aromatic heterocycles. The lowest BCUT2D eigenvalue weighted by molar-refractivity contribution is -0.143. The molecule has 2 aromatic rings. The molecule has 2 aliphatic carbocycles. The molecule has 7 nitrogen and oxygen atoms in total.